The summed E-state index contributed by atoms with van der Waals surface area (Å²) in [6, 6.07) is 20.3. The topological polar surface area (TPSA) is 56.0 Å². The van der Waals surface area contributed by atoms with Crippen LogP contribution in [-0.2, 0) is 11.2 Å². The van der Waals surface area contributed by atoms with Gasteiger partial charge in [-0.1, -0.05) is 59.6 Å². The lowest BCUT2D eigenvalue weighted by Crippen LogP contribution is -2.38. The van der Waals surface area contributed by atoms with Crippen LogP contribution in [0.4, 0.5) is 14.5 Å². The Balaban J connectivity index is 1.77. The molecule has 0 saturated carbocycles. The summed E-state index contributed by atoms with van der Waals surface area (Å²) in [6.45, 7) is 3.58. The van der Waals surface area contributed by atoms with Crippen LogP contribution in [-0.4, -0.2) is 5.91 Å². The maximum absolute atomic E-state index is 14.7. The molecular formula is C28H23ClF2N2O2. The number of carbonyl (C=O) groups excluding carboxylic acids is 1. The van der Waals surface area contributed by atoms with Crippen molar-refractivity contribution in [1.82, 2.24) is 0 Å². The number of aromatic nitrogens is 1. The van der Waals surface area contributed by atoms with Crippen LogP contribution in [0, 0.1) is 30.7 Å². The zero-order valence-electron chi connectivity index (χ0n) is 19.2. The average Bonchev–Trinajstić information content (AvgIpc) is 2.84. The Kier molecular flexibility index (Phi) is 7.12. The molecule has 1 aromatic heterocycles. The zero-order chi connectivity index (χ0) is 25.1. The van der Waals surface area contributed by atoms with Gasteiger partial charge in [-0.25, -0.2) is 8.78 Å². The normalized spacial score (nSPS) is 11.8. The van der Waals surface area contributed by atoms with Crippen molar-refractivity contribution in [1.29, 1.82) is 0 Å². The van der Waals surface area contributed by atoms with Gasteiger partial charge in [-0.3, -0.25) is 4.79 Å². The number of anilines is 1. The highest BCUT2D eigenvalue weighted by atomic mass is 35.5. The van der Waals surface area contributed by atoms with Crippen molar-refractivity contribution in [3.8, 4) is 11.1 Å². The van der Waals surface area contributed by atoms with Crippen LogP contribution >= 0.6 is 11.6 Å². The van der Waals surface area contributed by atoms with Crippen LogP contribution in [0.25, 0.3) is 11.1 Å². The zero-order valence-corrected chi connectivity index (χ0v) is 19.9. The highest BCUT2D eigenvalue weighted by Crippen LogP contribution is 2.33. The average molecular weight is 493 g/mol. The van der Waals surface area contributed by atoms with E-state index in [1.54, 1.807) is 19.1 Å². The van der Waals surface area contributed by atoms with Crippen molar-refractivity contribution >= 4 is 23.2 Å². The van der Waals surface area contributed by atoms with Gasteiger partial charge in [-0.05, 0) is 55.7 Å². The lowest BCUT2D eigenvalue weighted by molar-refractivity contribution is -0.614. The number of nitrogens with one attached hydrogen (secondary N) is 1. The molecule has 4 aromatic rings. The Morgan fingerprint density at radius 3 is 2.40 bits per heavy atom. The van der Waals surface area contributed by atoms with Crippen molar-refractivity contribution in [3.05, 3.63) is 123 Å². The molecule has 0 aliphatic rings. The second kappa shape index (κ2) is 10.2. The summed E-state index contributed by atoms with van der Waals surface area (Å²) >= 11 is 5.85. The van der Waals surface area contributed by atoms with Gasteiger partial charge in [-0.2, -0.15) is 4.73 Å². The molecule has 3 aromatic carbocycles. The van der Waals surface area contributed by atoms with Crippen LogP contribution in [0.1, 0.15) is 28.3 Å². The molecule has 0 bridgehead atoms. The number of rotatable bonds is 6. The van der Waals surface area contributed by atoms with Crippen molar-refractivity contribution in [2.75, 3.05) is 5.32 Å². The number of pyridine rings is 1. The van der Waals surface area contributed by atoms with E-state index in [1.165, 1.54) is 6.07 Å². The molecule has 7 heteroatoms. The molecule has 0 saturated heterocycles. The molecule has 0 aliphatic heterocycles. The summed E-state index contributed by atoms with van der Waals surface area (Å²) in [7, 11) is 0. The van der Waals surface area contributed by atoms with E-state index in [-0.39, 0.29) is 34.2 Å². The summed E-state index contributed by atoms with van der Waals surface area (Å²) in [4.78, 5) is 13.4. The molecule has 1 heterocycles. The SMILES string of the molecule is Cc1ccc(NC(=O)C(Cc2ccccc2)c2cc(C)c(-c3c(F)ccc(Cl)c3F)c[n+]2[O-])cc1. The third-order valence-corrected chi connectivity index (χ3v) is 6.17. The van der Waals surface area contributed by atoms with Crippen molar-refractivity contribution in [2.45, 2.75) is 26.2 Å². The van der Waals surface area contributed by atoms with Gasteiger partial charge in [0.1, 0.15) is 11.7 Å². The van der Waals surface area contributed by atoms with E-state index in [9.17, 15) is 18.8 Å². The summed E-state index contributed by atoms with van der Waals surface area (Å²) in [5, 5.41) is 15.8. The number of carbonyl (C=O) groups is 1. The van der Waals surface area contributed by atoms with E-state index >= 15 is 0 Å². The predicted molar refractivity (Wildman–Crippen MR) is 133 cm³/mol. The minimum Gasteiger partial charge on any atom is -0.618 e. The fourth-order valence-corrected chi connectivity index (χ4v) is 4.15. The maximum Gasteiger partial charge on any atom is 0.238 e. The van der Waals surface area contributed by atoms with Gasteiger partial charge in [-0.15, -0.1) is 0 Å². The molecule has 1 atom stereocenters. The summed E-state index contributed by atoms with van der Waals surface area (Å²) in [6.07, 6.45) is 1.36. The Hall–Kier alpha value is -3.77. The summed E-state index contributed by atoms with van der Waals surface area (Å²) in [5.74, 6) is -2.99. The highest BCUT2D eigenvalue weighted by molar-refractivity contribution is 6.31. The Labute approximate surface area is 207 Å². The lowest BCUT2D eigenvalue weighted by atomic mass is 9.92. The Morgan fingerprint density at radius 1 is 1.03 bits per heavy atom. The van der Waals surface area contributed by atoms with Crippen LogP contribution in [0.5, 0.6) is 0 Å². The molecule has 1 N–H and O–H groups in total. The van der Waals surface area contributed by atoms with E-state index in [4.69, 9.17) is 11.6 Å². The first-order valence-corrected chi connectivity index (χ1v) is 11.4. The molecule has 1 unspecified atom stereocenters. The number of hydrogen-bond acceptors (Lipinski definition) is 2. The maximum atomic E-state index is 14.7. The number of hydrogen-bond donors (Lipinski definition) is 1. The molecule has 178 valence electrons. The van der Waals surface area contributed by atoms with E-state index in [2.05, 4.69) is 5.32 Å². The van der Waals surface area contributed by atoms with E-state index in [1.807, 2.05) is 49.4 Å². The second-order valence-corrected chi connectivity index (χ2v) is 8.84. The number of benzene rings is 3. The highest BCUT2D eigenvalue weighted by Gasteiger charge is 2.30. The monoisotopic (exact) mass is 492 g/mol. The third kappa shape index (κ3) is 5.33. The van der Waals surface area contributed by atoms with Crippen molar-refractivity contribution < 1.29 is 18.3 Å². The van der Waals surface area contributed by atoms with Gasteiger partial charge in [0, 0.05) is 11.8 Å². The largest absolute Gasteiger partial charge is 0.618 e. The second-order valence-electron chi connectivity index (χ2n) is 8.44. The first-order valence-electron chi connectivity index (χ1n) is 11.0. The van der Waals surface area contributed by atoms with E-state index in [0.29, 0.717) is 16.0 Å². The number of amides is 1. The van der Waals surface area contributed by atoms with E-state index < -0.39 is 17.6 Å². The first-order chi connectivity index (χ1) is 16.7. The van der Waals surface area contributed by atoms with Crippen LogP contribution in [0.15, 0.2) is 79.0 Å². The van der Waals surface area contributed by atoms with Crippen LogP contribution in [0.3, 0.4) is 0 Å². The fraction of sp³-hybridized carbons (Fsp3) is 0.143. The smallest absolute Gasteiger partial charge is 0.238 e. The quantitative estimate of drug-likeness (QED) is 0.190. The first kappa shape index (κ1) is 24.4. The number of nitrogens with zero attached hydrogens (tertiary/aromatic N) is 1. The lowest BCUT2D eigenvalue weighted by Gasteiger charge is -2.19. The minimum absolute atomic E-state index is 0.0682. The van der Waals surface area contributed by atoms with E-state index in [0.717, 1.165) is 29.5 Å². The van der Waals surface area contributed by atoms with Crippen LogP contribution in [0.2, 0.25) is 5.02 Å². The van der Waals surface area contributed by atoms with Gasteiger partial charge < -0.3 is 10.5 Å². The molecular weight excluding hydrogens is 470 g/mol. The van der Waals surface area contributed by atoms with Gasteiger partial charge in [0.25, 0.3) is 0 Å². The molecule has 4 nitrogen and oxygen atoms in total. The minimum atomic E-state index is -0.944. The Bertz CT molecular complexity index is 1380. The third-order valence-electron chi connectivity index (χ3n) is 5.88. The molecule has 4 rings (SSSR count). The molecule has 35 heavy (non-hydrogen) atoms. The summed E-state index contributed by atoms with van der Waals surface area (Å²) < 4.78 is 29.7. The van der Waals surface area contributed by atoms with Crippen molar-refractivity contribution in [2.24, 2.45) is 0 Å². The fourth-order valence-electron chi connectivity index (χ4n) is 3.99. The predicted octanol–water partition coefficient (Wildman–Crippen LogP) is 6.50. The molecule has 0 aliphatic carbocycles. The Morgan fingerprint density at radius 2 is 1.71 bits per heavy atom. The molecule has 0 spiro atoms. The molecule has 0 radical (unpaired) electrons. The summed E-state index contributed by atoms with van der Waals surface area (Å²) in [5.41, 5.74) is 2.81. The van der Waals surface area contributed by atoms with Gasteiger partial charge >= 0.3 is 0 Å². The van der Waals surface area contributed by atoms with Crippen molar-refractivity contribution in [3.63, 3.8) is 0 Å². The van der Waals surface area contributed by atoms with Gasteiger partial charge in [0.15, 0.2) is 12.0 Å². The van der Waals surface area contributed by atoms with Crippen LogP contribution < -0.4 is 10.0 Å². The molecule has 0 fully saturated rings. The standard InChI is InChI=1S/C28H23ClF2N2O2/c1-17-8-10-20(11-9-17)32-28(34)21(15-19-6-4-3-5-7-19)25-14-18(2)22(16-33(25)35)26-24(30)13-12-23(29)27(26)31/h3-14,16,21H,15H2,1-2H3,(H,32,34). The molecule has 1 amide bonds. The number of aryl methyl sites for hydroxylation is 2. The van der Waals surface area contributed by atoms with Gasteiger partial charge in [0.2, 0.25) is 11.6 Å². The van der Waals surface area contributed by atoms with Gasteiger partial charge in [0.05, 0.1) is 16.1 Å². The number of halogens is 3.